The molecule has 1 aromatic rings. The van der Waals surface area contributed by atoms with Crippen LogP contribution in [0, 0.1) is 5.92 Å². The second-order valence-electron chi connectivity index (χ2n) is 4.73. The fourth-order valence-electron chi connectivity index (χ4n) is 2.33. The maximum absolute atomic E-state index is 9.17. The largest absolute Gasteiger partial charge is 0.493 e. The van der Waals surface area contributed by atoms with Crippen molar-refractivity contribution < 1.29 is 9.84 Å². The van der Waals surface area contributed by atoms with Gasteiger partial charge in [-0.2, -0.15) is 0 Å². The van der Waals surface area contributed by atoms with Crippen molar-refractivity contribution in [1.82, 2.24) is 0 Å². The Morgan fingerprint density at radius 3 is 2.71 bits per heavy atom. The summed E-state index contributed by atoms with van der Waals surface area (Å²) in [5.41, 5.74) is 0.881. The normalized spacial score (nSPS) is 17.1. The third kappa shape index (κ3) is 3.71. The molecule has 0 saturated heterocycles. The maximum Gasteiger partial charge on any atom is 0.119 e. The van der Waals surface area contributed by atoms with E-state index in [0.29, 0.717) is 5.92 Å². The quantitative estimate of drug-likeness (QED) is 0.913. The second kappa shape index (κ2) is 6.41. The van der Waals surface area contributed by atoms with Crippen molar-refractivity contribution in [3.63, 3.8) is 0 Å². The zero-order valence-corrected chi connectivity index (χ0v) is 11.6. The number of ether oxygens (including phenoxy) is 1. The SMILES string of the molecule is OCc1cc(OCC2CCCCC2)ccc1Br. The Kier molecular flexibility index (Phi) is 4.86. The Balaban J connectivity index is 1.89. The second-order valence-corrected chi connectivity index (χ2v) is 5.58. The van der Waals surface area contributed by atoms with E-state index >= 15 is 0 Å². The number of benzene rings is 1. The molecule has 3 heteroatoms. The minimum Gasteiger partial charge on any atom is -0.493 e. The Bertz CT molecular complexity index is 359. The van der Waals surface area contributed by atoms with Gasteiger partial charge in [0.25, 0.3) is 0 Å². The molecule has 0 bridgehead atoms. The maximum atomic E-state index is 9.17. The fraction of sp³-hybridized carbons (Fsp3) is 0.571. The van der Waals surface area contributed by atoms with Gasteiger partial charge in [-0.15, -0.1) is 0 Å². The molecular formula is C14H19BrO2. The lowest BCUT2D eigenvalue weighted by molar-refractivity contribution is 0.208. The van der Waals surface area contributed by atoms with Gasteiger partial charge in [-0.1, -0.05) is 35.2 Å². The number of aliphatic hydroxyl groups excluding tert-OH is 1. The molecule has 0 aromatic heterocycles. The molecule has 1 aliphatic carbocycles. The molecule has 0 spiro atoms. The highest BCUT2D eigenvalue weighted by molar-refractivity contribution is 9.10. The molecule has 0 amide bonds. The molecule has 0 heterocycles. The topological polar surface area (TPSA) is 29.5 Å². The highest BCUT2D eigenvalue weighted by atomic mass is 79.9. The van der Waals surface area contributed by atoms with Crippen LogP contribution in [0.3, 0.4) is 0 Å². The lowest BCUT2D eigenvalue weighted by Crippen LogP contribution is -2.15. The summed E-state index contributed by atoms with van der Waals surface area (Å²) in [6.45, 7) is 0.855. The van der Waals surface area contributed by atoms with Gasteiger partial charge in [0.05, 0.1) is 13.2 Å². The molecule has 0 radical (unpaired) electrons. The van der Waals surface area contributed by atoms with Gasteiger partial charge in [-0.25, -0.2) is 0 Å². The molecule has 1 fully saturated rings. The van der Waals surface area contributed by atoms with Gasteiger partial charge < -0.3 is 9.84 Å². The number of halogens is 1. The Labute approximate surface area is 111 Å². The molecule has 94 valence electrons. The minimum atomic E-state index is 0.0429. The number of hydrogen-bond acceptors (Lipinski definition) is 2. The van der Waals surface area contributed by atoms with Gasteiger partial charge in [0.15, 0.2) is 0 Å². The molecule has 0 unspecified atom stereocenters. The van der Waals surface area contributed by atoms with Crippen LogP contribution in [0.1, 0.15) is 37.7 Å². The molecule has 17 heavy (non-hydrogen) atoms. The van der Waals surface area contributed by atoms with Gasteiger partial charge >= 0.3 is 0 Å². The van der Waals surface area contributed by atoms with Gasteiger partial charge in [0.2, 0.25) is 0 Å². The Morgan fingerprint density at radius 2 is 2.00 bits per heavy atom. The predicted molar refractivity (Wildman–Crippen MR) is 72.1 cm³/mol. The number of rotatable bonds is 4. The lowest BCUT2D eigenvalue weighted by atomic mass is 9.90. The molecule has 0 atom stereocenters. The zero-order valence-electron chi connectivity index (χ0n) is 9.99. The van der Waals surface area contributed by atoms with Gasteiger partial charge in [-0.3, -0.25) is 0 Å². The van der Waals surface area contributed by atoms with Crippen molar-refractivity contribution in [2.45, 2.75) is 38.7 Å². The number of aliphatic hydroxyl groups is 1. The zero-order chi connectivity index (χ0) is 12.1. The van der Waals surface area contributed by atoms with E-state index in [0.717, 1.165) is 22.4 Å². The first-order chi connectivity index (χ1) is 8.29. The lowest BCUT2D eigenvalue weighted by Gasteiger charge is -2.21. The first-order valence-electron chi connectivity index (χ1n) is 6.31. The highest BCUT2D eigenvalue weighted by Crippen LogP contribution is 2.26. The van der Waals surface area contributed by atoms with Crippen LogP contribution >= 0.6 is 15.9 Å². The summed E-state index contributed by atoms with van der Waals surface area (Å²) in [6.07, 6.45) is 6.66. The summed E-state index contributed by atoms with van der Waals surface area (Å²) in [7, 11) is 0. The van der Waals surface area contributed by atoms with Crippen LogP contribution in [0.2, 0.25) is 0 Å². The third-order valence-corrected chi connectivity index (χ3v) is 4.17. The smallest absolute Gasteiger partial charge is 0.119 e. The van der Waals surface area contributed by atoms with Gasteiger partial charge in [0.1, 0.15) is 5.75 Å². The van der Waals surface area contributed by atoms with E-state index in [4.69, 9.17) is 4.74 Å². The van der Waals surface area contributed by atoms with E-state index in [-0.39, 0.29) is 6.61 Å². The van der Waals surface area contributed by atoms with Crippen LogP contribution < -0.4 is 4.74 Å². The van der Waals surface area contributed by atoms with Gasteiger partial charge in [0, 0.05) is 4.47 Å². The monoisotopic (exact) mass is 298 g/mol. The first kappa shape index (κ1) is 12.9. The summed E-state index contributed by atoms with van der Waals surface area (Å²) in [4.78, 5) is 0. The van der Waals surface area contributed by atoms with Crippen LogP contribution in [-0.4, -0.2) is 11.7 Å². The van der Waals surface area contributed by atoms with Crippen LogP contribution in [0.25, 0.3) is 0 Å². The third-order valence-electron chi connectivity index (χ3n) is 3.40. The summed E-state index contributed by atoms with van der Waals surface area (Å²) >= 11 is 3.40. The molecule has 0 aliphatic heterocycles. The van der Waals surface area contributed by atoms with Crippen molar-refractivity contribution >= 4 is 15.9 Å². The first-order valence-corrected chi connectivity index (χ1v) is 7.11. The molecule has 1 N–H and O–H groups in total. The Morgan fingerprint density at radius 1 is 1.24 bits per heavy atom. The van der Waals surface area contributed by atoms with Crippen molar-refractivity contribution in [3.8, 4) is 5.75 Å². The standard InChI is InChI=1S/C14H19BrO2/c15-14-7-6-13(8-12(14)9-16)17-10-11-4-2-1-3-5-11/h6-8,11,16H,1-5,9-10H2. The molecule has 1 saturated carbocycles. The molecule has 1 aromatic carbocycles. The summed E-state index contributed by atoms with van der Waals surface area (Å²) in [5, 5.41) is 9.17. The minimum absolute atomic E-state index is 0.0429. The summed E-state index contributed by atoms with van der Waals surface area (Å²) < 4.78 is 6.75. The summed E-state index contributed by atoms with van der Waals surface area (Å²) in [5.74, 6) is 1.58. The van der Waals surface area contributed by atoms with E-state index in [1.54, 1.807) is 0 Å². The van der Waals surface area contributed by atoms with E-state index < -0.39 is 0 Å². The summed E-state index contributed by atoms with van der Waals surface area (Å²) in [6, 6.07) is 5.79. The van der Waals surface area contributed by atoms with E-state index in [1.165, 1.54) is 32.1 Å². The fourth-order valence-corrected chi connectivity index (χ4v) is 2.70. The van der Waals surface area contributed by atoms with E-state index in [9.17, 15) is 5.11 Å². The van der Waals surface area contributed by atoms with Crippen LogP contribution in [0.4, 0.5) is 0 Å². The van der Waals surface area contributed by atoms with Gasteiger partial charge in [-0.05, 0) is 42.5 Å². The van der Waals surface area contributed by atoms with E-state index in [2.05, 4.69) is 15.9 Å². The molecule has 2 rings (SSSR count). The van der Waals surface area contributed by atoms with Crippen molar-refractivity contribution in [2.75, 3.05) is 6.61 Å². The average Bonchev–Trinajstić information content (AvgIpc) is 2.39. The molecule has 2 nitrogen and oxygen atoms in total. The highest BCUT2D eigenvalue weighted by Gasteiger charge is 2.14. The van der Waals surface area contributed by atoms with Crippen molar-refractivity contribution in [3.05, 3.63) is 28.2 Å². The van der Waals surface area contributed by atoms with Crippen LogP contribution in [0.5, 0.6) is 5.75 Å². The Hall–Kier alpha value is -0.540. The van der Waals surface area contributed by atoms with Crippen molar-refractivity contribution in [2.24, 2.45) is 5.92 Å². The van der Waals surface area contributed by atoms with E-state index in [1.807, 2.05) is 18.2 Å². The van der Waals surface area contributed by atoms with Crippen molar-refractivity contribution in [1.29, 1.82) is 0 Å². The van der Waals surface area contributed by atoms with Crippen LogP contribution in [0.15, 0.2) is 22.7 Å². The molecule has 1 aliphatic rings. The van der Waals surface area contributed by atoms with Crippen LogP contribution in [-0.2, 0) is 6.61 Å². The average molecular weight is 299 g/mol. The number of hydrogen-bond donors (Lipinski definition) is 1. The molecular weight excluding hydrogens is 280 g/mol. The predicted octanol–water partition coefficient (Wildman–Crippen LogP) is 3.90.